The molecular weight excluding hydrogens is 242 g/mol. The summed E-state index contributed by atoms with van der Waals surface area (Å²) in [7, 11) is 1.69. The first-order valence-electron chi connectivity index (χ1n) is 7.02. The number of rotatable bonds is 10. The lowest BCUT2D eigenvalue weighted by atomic mass is 10.1. The second-order valence-electron chi connectivity index (χ2n) is 4.38. The normalized spacial score (nSPS) is 10.5. The number of hydrogen-bond donors (Lipinski definition) is 1. The van der Waals surface area contributed by atoms with Crippen LogP contribution in [0.3, 0.4) is 0 Å². The topological polar surface area (TPSA) is 56.3 Å². The van der Waals surface area contributed by atoms with Crippen LogP contribution in [0.1, 0.15) is 38.7 Å². The third-order valence-electron chi connectivity index (χ3n) is 2.68. The Labute approximate surface area is 115 Å². The fraction of sp³-hybridized carbons (Fsp3) is 0.714. The molecule has 5 nitrogen and oxygen atoms in total. The van der Waals surface area contributed by atoms with E-state index in [4.69, 9.17) is 9.47 Å². The highest BCUT2D eigenvalue weighted by Crippen LogP contribution is 2.23. The van der Waals surface area contributed by atoms with Crippen molar-refractivity contribution >= 4 is 5.82 Å². The number of nitrogens with one attached hydrogen (secondary N) is 1. The van der Waals surface area contributed by atoms with Crippen molar-refractivity contribution in [2.24, 2.45) is 0 Å². The van der Waals surface area contributed by atoms with E-state index in [9.17, 15) is 0 Å². The molecule has 0 fully saturated rings. The van der Waals surface area contributed by atoms with Gasteiger partial charge in [-0.15, -0.1) is 0 Å². The van der Waals surface area contributed by atoms with Crippen molar-refractivity contribution in [1.82, 2.24) is 9.97 Å². The number of hydrogen-bond acceptors (Lipinski definition) is 5. The van der Waals surface area contributed by atoms with Gasteiger partial charge in [0.2, 0.25) is 5.88 Å². The van der Waals surface area contributed by atoms with Crippen LogP contribution in [-0.4, -0.2) is 36.8 Å². The van der Waals surface area contributed by atoms with Gasteiger partial charge in [-0.3, -0.25) is 0 Å². The summed E-state index contributed by atoms with van der Waals surface area (Å²) in [4.78, 5) is 8.56. The lowest BCUT2D eigenvalue weighted by molar-refractivity contribution is 0.170. The van der Waals surface area contributed by atoms with Gasteiger partial charge < -0.3 is 14.8 Å². The predicted octanol–water partition coefficient (Wildman–Crippen LogP) is 2.67. The Morgan fingerprint density at radius 2 is 2.00 bits per heavy atom. The molecule has 0 radical (unpaired) electrons. The molecule has 0 amide bonds. The summed E-state index contributed by atoms with van der Waals surface area (Å²) in [5.74, 6) is 1.60. The van der Waals surface area contributed by atoms with Gasteiger partial charge >= 0.3 is 0 Å². The highest BCUT2D eigenvalue weighted by Gasteiger charge is 2.11. The summed E-state index contributed by atoms with van der Waals surface area (Å²) >= 11 is 0. The Bertz CT molecular complexity index is 359. The Balaban J connectivity index is 2.71. The van der Waals surface area contributed by atoms with E-state index in [0.717, 1.165) is 43.6 Å². The molecule has 1 aromatic rings. The zero-order valence-electron chi connectivity index (χ0n) is 12.2. The molecule has 0 spiro atoms. The SMILES string of the molecule is CCCNc1ncnc(OCCCOC)c1CCC. The van der Waals surface area contributed by atoms with Crippen LogP contribution in [0.25, 0.3) is 0 Å². The fourth-order valence-electron chi connectivity index (χ4n) is 1.76. The number of ether oxygens (including phenoxy) is 2. The Morgan fingerprint density at radius 1 is 1.16 bits per heavy atom. The molecule has 0 aliphatic heterocycles. The van der Waals surface area contributed by atoms with Gasteiger partial charge in [0.25, 0.3) is 0 Å². The van der Waals surface area contributed by atoms with Crippen LogP contribution in [0.5, 0.6) is 5.88 Å². The van der Waals surface area contributed by atoms with Crippen LogP contribution in [0.15, 0.2) is 6.33 Å². The van der Waals surface area contributed by atoms with E-state index in [1.165, 1.54) is 0 Å². The highest BCUT2D eigenvalue weighted by atomic mass is 16.5. The minimum absolute atomic E-state index is 0.620. The minimum atomic E-state index is 0.620. The second-order valence-corrected chi connectivity index (χ2v) is 4.38. The summed E-state index contributed by atoms with van der Waals surface area (Å²) in [6, 6.07) is 0. The zero-order chi connectivity index (χ0) is 13.9. The molecule has 1 rings (SSSR count). The third-order valence-corrected chi connectivity index (χ3v) is 2.68. The highest BCUT2D eigenvalue weighted by molar-refractivity contribution is 5.48. The number of nitrogens with zero attached hydrogens (tertiary/aromatic N) is 2. The first kappa shape index (κ1) is 15.7. The van der Waals surface area contributed by atoms with Crippen molar-refractivity contribution < 1.29 is 9.47 Å². The summed E-state index contributed by atoms with van der Waals surface area (Å²) in [5.41, 5.74) is 1.08. The van der Waals surface area contributed by atoms with Crippen LogP contribution in [0.4, 0.5) is 5.82 Å². The molecule has 0 aromatic carbocycles. The molecule has 0 saturated heterocycles. The molecule has 0 bridgehead atoms. The van der Waals surface area contributed by atoms with Crippen molar-refractivity contribution in [2.75, 3.05) is 32.2 Å². The van der Waals surface area contributed by atoms with Crippen LogP contribution < -0.4 is 10.1 Å². The smallest absolute Gasteiger partial charge is 0.221 e. The van der Waals surface area contributed by atoms with E-state index in [0.29, 0.717) is 19.1 Å². The monoisotopic (exact) mass is 267 g/mol. The molecule has 0 aliphatic rings. The van der Waals surface area contributed by atoms with Gasteiger partial charge in [0.05, 0.1) is 12.2 Å². The van der Waals surface area contributed by atoms with E-state index < -0.39 is 0 Å². The van der Waals surface area contributed by atoms with Gasteiger partial charge in [-0.05, 0) is 12.8 Å². The third kappa shape index (κ3) is 5.42. The standard InChI is InChI=1S/C14H25N3O2/c1-4-7-12-13(15-8-5-2)16-11-17-14(12)19-10-6-9-18-3/h11H,4-10H2,1-3H3,(H,15,16,17). The lowest BCUT2D eigenvalue weighted by Crippen LogP contribution is -2.10. The minimum Gasteiger partial charge on any atom is -0.477 e. The number of anilines is 1. The van der Waals surface area contributed by atoms with E-state index in [1.54, 1.807) is 13.4 Å². The molecule has 108 valence electrons. The van der Waals surface area contributed by atoms with Gasteiger partial charge in [-0.2, -0.15) is 0 Å². The van der Waals surface area contributed by atoms with Crippen LogP contribution in [0, 0.1) is 0 Å². The average molecular weight is 267 g/mol. The van der Waals surface area contributed by atoms with Crippen molar-refractivity contribution in [3.8, 4) is 5.88 Å². The Kier molecular flexibility index (Phi) is 7.89. The van der Waals surface area contributed by atoms with Crippen molar-refractivity contribution in [1.29, 1.82) is 0 Å². The fourth-order valence-corrected chi connectivity index (χ4v) is 1.76. The maximum atomic E-state index is 5.74. The molecular formula is C14H25N3O2. The van der Waals surface area contributed by atoms with Gasteiger partial charge in [0, 0.05) is 26.7 Å². The molecule has 1 heterocycles. The summed E-state index contributed by atoms with van der Waals surface area (Å²) in [6.07, 6.45) is 5.46. The van der Waals surface area contributed by atoms with Gasteiger partial charge in [0.1, 0.15) is 12.1 Å². The van der Waals surface area contributed by atoms with Crippen molar-refractivity contribution in [3.05, 3.63) is 11.9 Å². The first-order chi connectivity index (χ1) is 9.33. The molecule has 0 saturated carbocycles. The Morgan fingerprint density at radius 3 is 2.68 bits per heavy atom. The second kappa shape index (κ2) is 9.55. The average Bonchev–Trinajstić information content (AvgIpc) is 2.43. The maximum Gasteiger partial charge on any atom is 0.221 e. The lowest BCUT2D eigenvalue weighted by Gasteiger charge is -2.14. The van der Waals surface area contributed by atoms with Gasteiger partial charge in [0.15, 0.2) is 0 Å². The van der Waals surface area contributed by atoms with Crippen molar-refractivity contribution in [2.45, 2.75) is 39.5 Å². The quantitative estimate of drug-likeness (QED) is 0.660. The Hall–Kier alpha value is -1.36. The number of aromatic nitrogens is 2. The molecule has 1 N–H and O–H groups in total. The first-order valence-corrected chi connectivity index (χ1v) is 7.02. The zero-order valence-corrected chi connectivity index (χ0v) is 12.2. The van der Waals surface area contributed by atoms with E-state index in [2.05, 4.69) is 29.1 Å². The molecule has 0 aliphatic carbocycles. The predicted molar refractivity (Wildman–Crippen MR) is 76.8 cm³/mol. The van der Waals surface area contributed by atoms with Crippen LogP contribution >= 0.6 is 0 Å². The van der Waals surface area contributed by atoms with Crippen LogP contribution in [0.2, 0.25) is 0 Å². The molecule has 0 atom stereocenters. The molecule has 0 unspecified atom stereocenters. The largest absolute Gasteiger partial charge is 0.477 e. The summed E-state index contributed by atoms with van der Waals surface area (Å²) in [5, 5.41) is 3.33. The molecule has 19 heavy (non-hydrogen) atoms. The van der Waals surface area contributed by atoms with Gasteiger partial charge in [-0.1, -0.05) is 20.3 Å². The summed E-state index contributed by atoms with van der Waals surface area (Å²) < 4.78 is 10.8. The van der Waals surface area contributed by atoms with E-state index in [-0.39, 0.29) is 0 Å². The van der Waals surface area contributed by atoms with Crippen molar-refractivity contribution in [3.63, 3.8) is 0 Å². The number of methoxy groups -OCH3 is 1. The maximum absolute atomic E-state index is 5.74. The van der Waals surface area contributed by atoms with Crippen LogP contribution in [-0.2, 0) is 11.2 Å². The molecule has 1 aromatic heterocycles. The van der Waals surface area contributed by atoms with E-state index in [1.807, 2.05) is 0 Å². The molecule has 5 heteroatoms. The van der Waals surface area contributed by atoms with Gasteiger partial charge in [-0.25, -0.2) is 9.97 Å². The summed E-state index contributed by atoms with van der Waals surface area (Å²) in [6.45, 7) is 6.52. The van der Waals surface area contributed by atoms with E-state index >= 15 is 0 Å².